The number of alkyl halides is 3. The maximum atomic E-state index is 13.9. The van der Waals surface area contributed by atoms with Gasteiger partial charge in [0.2, 0.25) is 5.54 Å². The summed E-state index contributed by atoms with van der Waals surface area (Å²) in [5, 5.41) is 10.4. The zero-order chi connectivity index (χ0) is 25.8. The lowest BCUT2D eigenvalue weighted by Crippen LogP contribution is -2.65. The monoisotopic (exact) mass is 492 g/mol. The van der Waals surface area contributed by atoms with Gasteiger partial charge in [0.25, 0.3) is 5.91 Å². The molecule has 0 saturated carbocycles. The number of carboxylic acids is 1. The first kappa shape index (κ1) is 26.1. The number of nitrogens with zero attached hydrogens (tertiary/aromatic N) is 1. The molecule has 2 aromatic carbocycles. The molecule has 0 bridgehead atoms. The number of ether oxygens (including phenoxy) is 1. The number of halogens is 3. The molecular weight excluding hydrogens is 465 g/mol. The zero-order valence-corrected chi connectivity index (χ0v) is 19.4. The Morgan fingerprint density at radius 1 is 1.00 bits per heavy atom. The highest BCUT2D eigenvalue weighted by molar-refractivity contribution is 5.90. The fraction of sp³-hybridized carbons (Fsp3) is 0.400. The summed E-state index contributed by atoms with van der Waals surface area (Å²) in [7, 11) is 1.17. The molecular formula is C25H27F3N2O5. The fourth-order valence-electron chi connectivity index (χ4n) is 4.19. The summed E-state index contributed by atoms with van der Waals surface area (Å²) in [4.78, 5) is 36.6. The van der Waals surface area contributed by atoms with Gasteiger partial charge in [-0.3, -0.25) is 14.9 Å². The number of rotatable bonds is 9. The molecule has 3 rings (SSSR count). The number of hydrogen-bond donors (Lipinski definition) is 2. The minimum atomic E-state index is -5.09. The number of carboxylic acid groups (broad SMARTS) is 1. The average Bonchev–Trinajstić information content (AvgIpc) is 3.12. The molecule has 2 amide bonds. The van der Waals surface area contributed by atoms with Crippen molar-refractivity contribution in [3.8, 4) is 11.1 Å². The van der Waals surface area contributed by atoms with E-state index in [-0.39, 0.29) is 38.3 Å². The van der Waals surface area contributed by atoms with Crippen LogP contribution in [-0.2, 0) is 14.3 Å². The van der Waals surface area contributed by atoms with E-state index in [1.165, 1.54) is 7.05 Å². The first-order valence-electron chi connectivity index (χ1n) is 11.1. The van der Waals surface area contributed by atoms with Gasteiger partial charge in [-0.25, -0.2) is 4.79 Å². The van der Waals surface area contributed by atoms with Gasteiger partial charge in [0, 0.05) is 25.9 Å². The van der Waals surface area contributed by atoms with Crippen LogP contribution in [0.2, 0.25) is 0 Å². The molecule has 10 heteroatoms. The Hall–Kier alpha value is -3.56. The van der Waals surface area contributed by atoms with Gasteiger partial charge in [0.15, 0.2) is 0 Å². The largest absolute Gasteiger partial charge is 0.481 e. The Labute approximate surface area is 200 Å². The highest BCUT2D eigenvalue weighted by atomic mass is 19.4. The van der Waals surface area contributed by atoms with Gasteiger partial charge in [-0.1, -0.05) is 48.5 Å². The fourth-order valence-corrected chi connectivity index (χ4v) is 4.19. The van der Waals surface area contributed by atoms with Crippen molar-refractivity contribution in [1.82, 2.24) is 10.2 Å². The number of carbonyl (C=O) groups excluding carboxylic acids is 2. The lowest BCUT2D eigenvalue weighted by Gasteiger charge is -2.34. The molecule has 2 aromatic rings. The van der Waals surface area contributed by atoms with Crippen LogP contribution in [0, 0.1) is 0 Å². The molecule has 0 radical (unpaired) electrons. The van der Waals surface area contributed by atoms with Crippen LogP contribution in [0.15, 0.2) is 48.5 Å². The summed E-state index contributed by atoms with van der Waals surface area (Å²) in [5.74, 6) is -2.75. The van der Waals surface area contributed by atoms with Crippen LogP contribution in [0.25, 0.3) is 11.1 Å². The molecule has 0 fully saturated rings. The number of benzene rings is 2. The Kier molecular flexibility index (Phi) is 7.72. The van der Waals surface area contributed by atoms with Crippen LogP contribution in [0.5, 0.6) is 0 Å². The number of hydrogen-bond acceptors (Lipinski definition) is 4. The number of carbonyl (C=O) groups is 3. The summed E-state index contributed by atoms with van der Waals surface area (Å²) in [6.07, 6.45) is -6.20. The molecule has 7 nitrogen and oxygen atoms in total. The number of unbranched alkanes of at least 4 members (excludes halogenated alkanes) is 1. The SMILES string of the molecule is CN(CCCCC(=O)O)C(=O)C(C)(NC(=O)OCC1c2ccccc2-c2ccccc21)C(F)(F)F. The van der Waals surface area contributed by atoms with Gasteiger partial charge in [-0.05, 0) is 42.0 Å². The molecule has 1 atom stereocenters. The molecule has 188 valence electrons. The Morgan fingerprint density at radius 2 is 1.54 bits per heavy atom. The average molecular weight is 492 g/mol. The number of likely N-dealkylation sites (N-methyl/N-ethyl adjacent to an activating group) is 1. The van der Waals surface area contributed by atoms with E-state index in [4.69, 9.17) is 9.84 Å². The van der Waals surface area contributed by atoms with Crippen molar-refractivity contribution in [1.29, 1.82) is 0 Å². The lowest BCUT2D eigenvalue weighted by atomic mass is 9.98. The topological polar surface area (TPSA) is 95.9 Å². The second kappa shape index (κ2) is 10.4. The van der Waals surface area contributed by atoms with Gasteiger partial charge in [0.1, 0.15) is 6.61 Å². The van der Waals surface area contributed by atoms with E-state index >= 15 is 0 Å². The van der Waals surface area contributed by atoms with Crippen molar-refractivity contribution < 1.29 is 37.4 Å². The number of fused-ring (bicyclic) bond motifs is 3. The van der Waals surface area contributed by atoms with E-state index in [0.717, 1.165) is 27.2 Å². The van der Waals surface area contributed by atoms with Crippen molar-refractivity contribution in [2.24, 2.45) is 0 Å². The van der Waals surface area contributed by atoms with E-state index in [1.807, 2.05) is 48.5 Å². The number of aliphatic carboxylic acids is 1. The van der Waals surface area contributed by atoms with E-state index < -0.39 is 29.7 Å². The van der Waals surface area contributed by atoms with Crippen LogP contribution >= 0.6 is 0 Å². The second-order valence-electron chi connectivity index (χ2n) is 8.65. The van der Waals surface area contributed by atoms with E-state index in [1.54, 1.807) is 5.32 Å². The van der Waals surface area contributed by atoms with Gasteiger partial charge in [-0.15, -0.1) is 0 Å². The summed E-state index contributed by atoms with van der Waals surface area (Å²) in [6.45, 7) is 0.293. The lowest BCUT2D eigenvalue weighted by molar-refractivity contribution is -0.199. The Morgan fingerprint density at radius 3 is 2.06 bits per heavy atom. The van der Waals surface area contributed by atoms with Gasteiger partial charge >= 0.3 is 18.2 Å². The zero-order valence-electron chi connectivity index (χ0n) is 19.4. The summed E-state index contributed by atoms with van der Waals surface area (Å²) in [5.41, 5.74) is 0.528. The van der Waals surface area contributed by atoms with Crippen LogP contribution in [0.3, 0.4) is 0 Å². The quantitative estimate of drug-likeness (QED) is 0.501. The smallest absolute Gasteiger partial charge is 0.420 e. The van der Waals surface area contributed by atoms with Crippen LogP contribution in [-0.4, -0.2) is 59.9 Å². The van der Waals surface area contributed by atoms with Crippen molar-refractivity contribution >= 4 is 18.0 Å². The molecule has 0 spiro atoms. The molecule has 1 aliphatic carbocycles. The molecule has 0 saturated heterocycles. The molecule has 0 aliphatic heterocycles. The van der Waals surface area contributed by atoms with Gasteiger partial charge < -0.3 is 14.7 Å². The summed E-state index contributed by atoms with van der Waals surface area (Å²) >= 11 is 0. The minimum absolute atomic E-state index is 0.0931. The Bertz CT molecular complexity index is 1060. The third kappa shape index (κ3) is 5.58. The van der Waals surface area contributed by atoms with Crippen LogP contribution in [0.1, 0.15) is 43.2 Å². The van der Waals surface area contributed by atoms with E-state index in [9.17, 15) is 27.6 Å². The maximum Gasteiger partial charge on any atom is 0.420 e. The third-order valence-corrected chi connectivity index (χ3v) is 6.17. The highest BCUT2D eigenvalue weighted by Gasteiger charge is 2.59. The van der Waals surface area contributed by atoms with E-state index in [0.29, 0.717) is 6.92 Å². The summed E-state index contributed by atoms with van der Waals surface area (Å²) in [6, 6.07) is 15.1. The first-order chi connectivity index (χ1) is 16.5. The molecule has 1 unspecified atom stereocenters. The van der Waals surface area contributed by atoms with Crippen LogP contribution < -0.4 is 5.32 Å². The van der Waals surface area contributed by atoms with Crippen molar-refractivity contribution in [3.63, 3.8) is 0 Å². The second-order valence-corrected chi connectivity index (χ2v) is 8.65. The number of amides is 2. The van der Waals surface area contributed by atoms with Crippen molar-refractivity contribution in [2.75, 3.05) is 20.2 Å². The molecule has 0 heterocycles. The van der Waals surface area contributed by atoms with Crippen molar-refractivity contribution in [3.05, 3.63) is 59.7 Å². The third-order valence-electron chi connectivity index (χ3n) is 6.17. The maximum absolute atomic E-state index is 13.9. The van der Waals surface area contributed by atoms with E-state index in [2.05, 4.69) is 0 Å². The Balaban J connectivity index is 1.68. The predicted octanol–water partition coefficient (Wildman–Crippen LogP) is 4.56. The van der Waals surface area contributed by atoms with Gasteiger partial charge in [0.05, 0.1) is 0 Å². The molecule has 1 aliphatic rings. The highest BCUT2D eigenvalue weighted by Crippen LogP contribution is 2.44. The minimum Gasteiger partial charge on any atom is -0.481 e. The number of nitrogens with one attached hydrogen (secondary N) is 1. The van der Waals surface area contributed by atoms with Crippen LogP contribution in [0.4, 0.5) is 18.0 Å². The number of alkyl carbamates (subject to hydrolysis) is 1. The first-order valence-corrected chi connectivity index (χ1v) is 11.1. The molecule has 2 N–H and O–H groups in total. The molecule has 0 aromatic heterocycles. The predicted molar refractivity (Wildman–Crippen MR) is 122 cm³/mol. The standard InChI is InChI=1S/C25H27F3N2O5/c1-24(25(26,27)28,22(33)30(2)14-8-7-13-21(31)32)29-23(34)35-15-20-18-11-5-3-9-16(18)17-10-4-6-12-19(17)20/h3-6,9-12,20H,7-8,13-15H2,1-2H3,(H,29,34)(H,31,32). The van der Waals surface area contributed by atoms with Crippen molar-refractivity contribution in [2.45, 2.75) is 43.8 Å². The van der Waals surface area contributed by atoms with Gasteiger partial charge in [-0.2, -0.15) is 13.2 Å². The normalized spacial score (nSPS) is 14.4. The molecule has 35 heavy (non-hydrogen) atoms. The summed E-state index contributed by atoms with van der Waals surface area (Å²) < 4.78 is 46.9.